The van der Waals surface area contributed by atoms with Crippen molar-refractivity contribution in [2.75, 3.05) is 16.2 Å². The van der Waals surface area contributed by atoms with Crippen molar-refractivity contribution < 1.29 is 17.9 Å². The Balaban J connectivity index is 1.67. The van der Waals surface area contributed by atoms with Crippen molar-refractivity contribution in [3.8, 4) is 5.75 Å². The first-order valence-electron chi connectivity index (χ1n) is 8.57. The van der Waals surface area contributed by atoms with Gasteiger partial charge >= 0.3 is 0 Å². The van der Waals surface area contributed by atoms with Crippen molar-refractivity contribution in [1.82, 2.24) is 0 Å². The first-order chi connectivity index (χ1) is 12.4. The van der Waals surface area contributed by atoms with Gasteiger partial charge in [0.15, 0.2) is 0 Å². The van der Waals surface area contributed by atoms with Gasteiger partial charge in [-0.15, -0.1) is 0 Å². The van der Waals surface area contributed by atoms with Crippen LogP contribution in [0.1, 0.15) is 25.0 Å². The summed E-state index contributed by atoms with van der Waals surface area (Å²) < 4.78 is 33.9. The van der Waals surface area contributed by atoms with E-state index in [9.17, 15) is 13.2 Å². The third kappa shape index (κ3) is 2.72. The van der Waals surface area contributed by atoms with Gasteiger partial charge in [0.05, 0.1) is 17.2 Å². The molecule has 2 aromatic carbocycles. The van der Waals surface area contributed by atoms with E-state index in [0.29, 0.717) is 25.1 Å². The third-order valence-corrected chi connectivity index (χ3v) is 6.27. The highest BCUT2D eigenvalue weighted by Gasteiger charge is 2.30. The predicted molar refractivity (Wildman–Crippen MR) is 99.2 cm³/mol. The summed E-state index contributed by atoms with van der Waals surface area (Å²) in [5.74, 6) is 0.690. The van der Waals surface area contributed by atoms with Crippen LogP contribution in [0.25, 0.3) is 0 Å². The fraction of sp³-hybridized carbons (Fsp3) is 0.316. The number of nitrogens with zero attached hydrogens (tertiary/aromatic N) is 1. The van der Waals surface area contributed by atoms with Gasteiger partial charge < -0.3 is 9.64 Å². The molecule has 0 aromatic heterocycles. The van der Waals surface area contributed by atoms with Gasteiger partial charge in [0.1, 0.15) is 5.75 Å². The van der Waals surface area contributed by atoms with Crippen LogP contribution < -0.4 is 14.4 Å². The zero-order chi connectivity index (χ0) is 18.5. The Morgan fingerprint density at radius 1 is 1.27 bits per heavy atom. The number of rotatable bonds is 3. The van der Waals surface area contributed by atoms with Crippen LogP contribution in [0, 0.1) is 0 Å². The summed E-state index contributed by atoms with van der Waals surface area (Å²) >= 11 is 0. The van der Waals surface area contributed by atoms with Crippen molar-refractivity contribution in [3.05, 3.63) is 47.5 Å². The summed E-state index contributed by atoms with van der Waals surface area (Å²) in [7, 11) is -3.72. The Morgan fingerprint density at radius 2 is 2.08 bits per heavy atom. The first-order valence-corrected chi connectivity index (χ1v) is 10.1. The van der Waals surface area contributed by atoms with E-state index in [4.69, 9.17) is 4.74 Å². The van der Waals surface area contributed by atoms with E-state index >= 15 is 0 Å². The highest BCUT2D eigenvalue weighted by atomic mass is 32.2. The van der Waals surface area contributed by atoms with Crippen molar-refractivity contribution in [3.63, 3.8) is 0 Å². The Hall–Kier alpha value is -2.54. The summed E-state index contributed by atoms with van der Waals surface area (Å²) in [6.45, 7) is 4.04. The summed E-state index contributed by atoms with van der Waals surface area (Å²) in [4.78, 5) is 13.7. The Morgan fingerprint density at radius 3 is 2.85 bits per heavy atom. The lowest BCUT2D eigenvalue weighted by Gasteiger charge is -2.20. The molecule has 7 heteroatoms. The number of amides is 1. The molecule has 4 rings (SSSR count). The van der Waals surface area contributed by atoms with E-state index in [2.05, 4.69) is 4.72 Å². The van der Waals surface area contributed by atoms with E-state index in [1.54, 1.807) is 35.2 Å². The molecule has 1 atom stereocenters. The molecule has 0 bridgehead atoms. The molecule has 0 fully saturated rings. The minimum absolute atomic E-state index is 0.0305. The predicted octanol–water partition coefficient (Wildman–Crippen LogP) is 2.72. The van der Waals surface area contributed by atoms with Crippen LogP contribution in [-0.2, 0) is 27.7 Å². The number of carbonyl (C=O) groups is 1. The molecule has 1 unspecified atom stereocenters. The molecular formula is C19H20N2O4S. The molecule has 0 radical (unpaired) electrons. The topological polar surface area (TPSA) is 75.7 Å². The molecule has 2 aromatic rings. The molecule has 1 amide bonds. The molecule has 0 aliphatic carbocycles. The molecule has 0 spiro atoms. The fourth-order valence-corrected chi connectivity index (χ4v) is 4.92. The van der Waals surface area contributed by atoms with Crippen LogP contribution in [0.4, 0.5) is 11.4 Å². The molecule has 2 heterocycles. The number of fused-ring (bicyclic) bond motifs is 2. The van der Waals surface area contributed by atoms with Crippen LogP contribution >= 0.6 is 0 Å². The summed E-state index contributed by atoms with van der Waals surface area (Å²) in [6, 6.07) is 10.3. The maximum atomic E-state index is 12.9. The molecule has 1 N–H and O–H groups in total. The number of benzene rings is 2. The molecule has 26 heavy (non-hydrogen) atoms. The second-order valence-electron chi connectivity index (χ2n) is 6.72. The third-order valence-electron chi connectivity index (χ3n) is 4.90. The Kier molecular flexibility index (Phi) is 3.91. The van der Waals surface area contributed by atoms with Crippen LogP contribution in [0.3, 0.4) is 0 Å². The minimum atomic E-state index is -3.72. The second kappa shape index (κ2) is 6.02. The van der Waals surface area contributed by atoms with E-state index in [1.165, 1.54) is 6.92 Å². The lowest BCUT2D eigenvalue weighted by molar-refractivity contribution is -0.116. The van der Waals surface area contributed by atoms with Gasteiger partial charge in [-0.2, -0.15) is 0 Å². The number of anilines is 2. The van der Waals surface area contributed by atoms with Crippen LogP contribution in [-0.4, -0.2) is 27.0 Å². The van der Waals surface area contributed by atoms with E-state index in [-0.39, 0.29) is 16.8 Å². The number of hydrogen-bond acceptors (Lipinski definition) is 4. The summed E-state index contributed by atoms with van der Waals surface area (Å²) in [5, 5.41) is 0. The number of ether oxygens (including phenoxy) is 1. The molecule has 0 saturated carbocycles. The molecule has 2 aliphatic heterocycles. The smallest absolute Gasteiger partial charge is 0.261 e. The zero-order valence-electron chi connectivity index (χ0n) is 14.7. The largest absolute Gasteiger partial charge is 0.493 e. The van der Waals surface area contributed by atoms with Crippen LogP contribution in [0.15, 0.2) is 41.3 Å². The number of carbonyl (C=O) groups excluding carboxylic acids is 1. The van der Waals surface area contributed by atoms with Gasteiger partial charge in [0, 0.05) is 30.6 Å². The number of nitrogens with one attached hydrogen (secondary N) is 1. The fourth-order valence-electron chi connectivity index (χ4n) is 3.78. The SMILES string of the molecule is CC(=O)N1c2ccc(S(=O)(=O)Nc3cccc4c3CCO4)cc2CC1C. The highest BCUT2D eigenvalue weighted by molar-refractivity contribution is 7.92. The second-order valence-corrected chi connectivity index (χ2v) is 8.40. The van der Waals surface area contributed by atoms with Gasteiger partial charge in [-0.1, -0.05) is 6.07 Å². The monoisotopic (exact) mass is 372 g/mol. The van der Waals surface area contributed by atoms with Crippen LogP contribution in [0.5, 0.6) is 5.75 Å². The lowest BCUT2D eigenvalue weighted by Crippen LogP contribution is -2.33. The molecule has 6 nitrogen and oxygen atoms in total. The van der Waals surface area contributed by atoms with Crippen LogP contribution in [0.2, 0.25) is 0 Å². The quantitative estimate of drug-likeness (QED) is 0.899. The first kappa shape index (κ1) is 16.9. The Labute approximate surface area is 152 Å². The maximum absolute atomic E-state index is 12.9. The highest BCUT2D eigenvalue weighted by Crippen LogP contribution is 2.36. The molecule has 0 saturated heterocycles. The normalized spacial score (nSPS) is 18.2. The minimum Gasteiger partial charge on any atom is -0.493 e. The number of hydrogen-bond donors (Lipinski definition) is 1. The maximum Gasteiger partial charge on any atom is 0.261 e. The van der Waals surface area contributed by atoms with Gasteiger partial charge in [-0.25, -0.2) is 8.42 Å². The van der Waals surface area contributed by atoms with Gasteiger partial charge in [0.25, 0.3) is 10.0 Å². The average Bonchev–Trinajstić information content (AvgIpc) is 3.17. The number of sulfonamides is 1. The van der Waals surface area contributed by atoms with E-state index in [0.717, 1.165) is 22.6 Å². The standard InChI is InChI=1S/C19H20N2O4S/c1-12-10-14-11-15(6-7-18(14)21(12)13(2)22)26(23,24)20-17-4-3-5-19-16(17)8-9-25-19/h3-7,11-12,20H,8-10H2,1-2H3. The molecule has 136 valence electrons. The van der Waals surface area contributed by atoms with Crippen molar-refractivity contribution in [2.45, 2.75) is 37.6 Å². The molecule has 2 aliphatic rings. The van der Waals surface area contributed by atoms with Gasteiger partial charge in [-0.05, 0) is 49.2 Å². The van der Waals surface area contributed by atoms with Gasteiger partial charge in [0.2, 0.25) is 5.91 Å². The summed E-state index contributed by atoms with van der Waals surface area (Å²) in [6.07, 6.45) is 1.33. The Bertz CT molecular complexity index is 1000. The zero-order valence-corrected chi connectivity index (χ0v) is 15.5. The van der Waals surface area contributed by atoms with Crippen molar-refractivity contribution in [1.29, 1.82) is 0 Å². The average molecular weight is 372 g/mol. The summed E-state index contributed by atoms with van der Waals surface area (Å²) in [5.41, 5.74) is 3.10. The van der Waals surface area contributed by atoms with Gasteiger partial charge in [-0.3, -0.25) is 9.52 Å². The van der Waals surface area contributed by atoms with Crippen molar-refractivity contribution >= 4 is 27.3 Å². The van der Waals surface area contributed by atoms with E-state index < -0.39 is 10.0 Å². The van der Waals surface area contributed by atoms with E-state index in [1.807, 2.05) is 13.0 Å². The molecular weight excluding hydrogens is 352 g/mol. The van der Waals surface area contributed by atoms with Crippen molar-refractivity contribution in [2.24, 2.45) is 0 Å². The lowest BCUT2D eigenvalue weighted by atomic mass is 10.1.